The van der Waals surface area contributed by atoms with E-state index in [2.05, 4.69) is 28.2 Å². The monoisotopic (exact) mass is 309 g/mol. The first-order valence-corrected chi connectivity index (χ1v) is 7.87. The Morgan fingerprint density at radius 2 is 2.09 bits per heavy atom. The first-order valence-electron chi connectivity index (χ1n) is 6.93. The molecule has 0 atom stereocenters. The first kappa shape index (κ1) is 14.4. The molecule has 0 fully saturated rings. The molecule has 0 saturated carbocycles. The summed E-state index contributed by atoms with van der Waals surface area (Å²) in [4.78, 5) is 11.9. The molecule has 0 aliphatic heterocycles. The van der Waals surface area contributed by atoms with E-state index < -0.39 is 0 Å². The Labute approximate surface area is 132 Å². The smallest absolute Gasteiger partial charge is 0.244 e. The summed E-state index contributed by atoms with van der Waals surface area (Å²) in [5.41, 5.74) is 3.43. The van der Waals surface area contributed by atoms with Crippen molar-refractivity contribution < 1.29 is 9.21 Å². The van der Waals surface area contributed by atoms with E-state index in [1.165, 1.54) is 11.6 Å². The van der Waals surface area contributed by atoms with Crippen LogP contribution in [0, 0.1) is 0 Å². The second kappa shape index (κ2) is 6.91. The van der Waals surface area contributed by atoms with Gasteiger partial charge in [-0.15, -0.1) is 0 Å². The van der Waals surface area contributed by atoms with Crippen molar-refractivity contribution in [3.8, 4) is 11.1 Å². The normalized spacial score (nSPS) is 10.9. The van der Waals surface area contributed by atoms with Crippen molar-refractivity contribution in [3.05, 3.63) is 76.9 Å². The Balaban J connectivity index is 1.66. The number of hydrogen-bond acceptors (Lipinski definition) is 3. The first-order chi connectivity index (χ1) is 10.8. The molecule has 2 heterocycles. The predicted octanol–water partition coefficient (Wildman–Crippen LogP) is 4.34. The summed E-state index contributed by atoms with van der Waals surface area (Å²) in [5, 5.41) is 7.06. The molecule has 3 aromatic rings. The number of hydrogen-bond donors (Lipinski definition) is 1. The van der Waals surface area contributed by atoms with Crippen molar-refractivity contribution in [2.75, 3.05) is 0 Å². The zero-order valence-corrected chi connectivity index (χ0v) is 12.7. The SMILES string of the molecule is O=C(/C=C/c1ccco1)NCc1ccccc1-c1ccsc1. The maximum absolute atomic E-state index is 11.9. The lowest BCUT2D eigenvalue weighted by Gasteiger charge is -2.08. The Bertz CT molecular complexity index is 758. The van der Waals surface area contributed by atoms with Crippen LogP contribution in [0.3, 0.4) is 0 Å². The lowest BCUT2D eigenvalue weighted by atomic mass is 10.0. The van der Waals surface area contributed by atoms with E-state index in [4.69, 9.17) is 4.42 Å². The standard InChI is InChI=1S/C18H15NO2S/c20-18(8-7-16-5-3-10-21-16)19-12-14-4-1-2-6-17(14)15-9-11-22-13-15/h1-11,13H,12H2,(H,19,20)/b8-7+. The number of rotatable bonds is 5. The highest BCUT2D eigenvalue weighted by atomic mass is 32.1. The van der Waals surface area contributed by atoms with Crippen molar-refractivity contribution in [1.29, 1.82) is 0 Å². The highest BCUT2D eigenvalue weighted by molar-refractivity contribution is 7.08. The van der Waals surface area contributed by atoms with E-state index in [0.717, 1.165) is 11.1 Å². The largest absolute Gasteiger partial charge is 0.465 e. The number of thiophene rings is 1. The van der Waals surface area contributed by atoms with Gasteiger partial charge in [0.2, 0.25) is 5.91 Å². The Kier molecular flexibility index (Phi) is 4.51. The number of nitrogens with one attached hydrogen (secondary N) is 1. The van der Waals surface area contributed by atoms with Crippen LogP contribution in [0.2, 0.25) is 0 Å². The molecule has 0 spiro atoms. The van der Waals surface area contributed by atoms with Gasteiger partial charge in [-0.3, -0.25) is 4.79 Å². The van der Waals surface area contributed by atoms with Gasteiger partial charge in [0, 0.05) is 12.6 Å². The average molecular weight is 309 g/mol. The van der Waals surface area contributed by atoms with Gasteiger partial charge in [0.15, 0.2) is 0 Å². The fraction of sp³-hybridized carbons (Fsp3) is 0.0556. The molecule has 0 aliphatic carbocycles. The number of carbonyl (C=O) groups is 1. The van der Waals surface area contributed by atoms with E-state index in [-0.39, 0.29) is 5.91 Å². The lowest BCUT2D eigenvalue weighted by molar-refractivity contribution is -0.116. The Hall–Kier alpha value is -2.59. The summed E-state index contributed by atoms with van der Waals surface area (Å²) in [6.07, 6.45) is 4.71. The minimum absolute atomic E-state index is 0.142. The third kappa shape index (κ3) is 3.54. The fourth-order valence-corrected chi connectivity index (χ4v) is 2.81. The second-order valence-corrected chi connectivity index (χ2v) is 5.52. The second-order valence-electron chi connectivity index (χ2n) is 4.74. The fourth-order valence-electron chi connectivity index (χ4n) is 2.16. The molecule has 4 heteroatoms. The quantitative estimate of drug-likeness (QED) is 0.712. The highest BCUT2D eigenvalue weighted by Gasteiger charge is 2.05. The maximum Gasteiger partial charge on any atom is 0.244 e. The van der Waals surface area contributed by atoms with Crippen LogP contribution in [0.25, 0.3) is 17.2 Å². The van der Waals surface area contributed by atoms with Crippen molar-refractivity contribution in [2.24, 2.45) is 0 Å². The van der Waals surface area contributed by atoms with Crippen LogP contribution >= 0.6 is 11.3 Å². The van der Waals surface area contributed by atoms with E-state index >= 15 is 0 Å². The average Bonchev–Trinajstić information content (AvgIpc) is 3.24. The van der Waals surface area contributed by atoms with E-state index in [1.54, 1.807) is 35.8 Å². The number of amides is 1. The molecule has 1 N–H and O–H groups in total. The zero-order valence-electron chi connectivity index (χ0n) is 11.9. The van der Waals surface area contributed by atoms with Crippen molar-refractivity contribution in [2.45, 2.75) is 6.54 Å². The molecular weight excluding hydrogens is 294 g/mol. The summed E-state index contributed by atoms with van der Waals surface area (Å²) in [7, 11) is 0. The molecule has 2 aromatic heterocycles. The number of benzene rings is 1. The number of carbonyl (C=O) groups excluding carboxylic acids is 1. The molecule has 0 unspecified atom stereocenters. The van der Waals surface area contributed by atoms with Gasteiger partial charge in [-0.25, -0.2) is 0 Å². The Morgan fingerprint density at radius 3 is 2.86 bits per heavy atom. The summed E-state index contributed by atoms with van der Waals surface area (Å²) in [6.45, 7) is 0.493. The molecule has 1 aromatic carbocycles. The molecular formula is C18H15NO2S. The third-order valence-electron chi connectivity index (χ3n) is 3.24. The van der Waals surface area contributed by atoms with Gasteiger partial charge in [0.1, 0.15) is 5.76 Å². The molecule has 3 nitrogen and oxygen atoms in total. The molecule has 0 aliphatic rings. The molecule has 0 radical (unpaired) electrons. The minimum atomic E-state index is -0.142. The van der Waals surface area contributed by atoms with Gasteiger partial charge in [0.05, 0.1) is 6.26 Å². The van der Waals surface area contributed by atoms with Crippen LogP contribution in [0.5, 0.6) is 0 Å². The molecule has 3 rings (SSSR count). The summed E-state index contributed by atoms with van der Waals surface area (Å²) in [5.74, 6) is 0.519. The molecule has 110 valence electrons. The van der Waals surface area contributed by atoms with Crippen LogP contribution in [0.4, 0.5) is 0 Å². The molecule has 22 heavy (non-hydrogen) atoms. The van der Waals surface area contributed by atoms with Crippen LogP contribution < -0.4 is 5.32 Å². The number of furan rings is 1. The Morgan fingerprint density at radius 1 is 1.18 bits per heavy atom. The summed E-state index contributed by atoms with van der Waals surface area (Å²) < 4.78 is 5.15. The molecule has 0 bridgehead atoms. The van der Waals surface area contributed by atoms with Crippen molar-refractivity contribution >= 4 is 23.3 Å². The summed E-state index contributed by atoms with van der Waals surface area (Å²) >= 11 is 1.67. The van der Waals surface area contributed by atoms with Gasteiger partial charge >= 0.3 is 0 Å². The highest BCUT2D eigenvalue weighted by Crippen LogP contribution is 2.25. The maximum atomic E-state index is 11.9. The van der Waals surface area contributed by atoms with Gasteiger partial charge < -0.3 is 9.73 Å². The molecule has 1 amide bonds. The minimum Gasteiger partial charge on any atom is -0.465 e. The lowest BCUT2D eigenvalue weighted by Crippen LogP contribution is -2.20. The van der Waals surface area contributed by atoms with E-state index in [9.17, 15) is 4.79 Å². The van der Waals surface area contributed by atoms with Gasteiger partial charge in [-0.2, -0.15) is 11.3 Å². The van der Waals surface area contributed by atoms with Crippen LogP contribution in [0.15, 0.2) is 70.0 Å². The van der Waals surface area contributed by atoms with E-state index in [0.29, 0.717) is 12.3 Å². The van der Waals surface area contributed by atoms with Crippen LogP contribution in [-0.2, 0) is 11.3 Å². The zero-order chi connectivity index (χ0) is 15.2. The topological polar surface area (TPSA) is 42.2 Å². The van der Waals surface area contributed by atoms with E-state index in [1.807, 2.05) is 18.2 Å². The summed E-state index contributed by atoms with van der Waals surface area (Å²) in [6, 6.07) is 13.8. The van der Waals surface area contributed by atoms with Crippen molar-refractivity contribution in [3.63, 3.8) is 0 Å². The van der Waals surface area contributed by atoms with Crippen LogP contribution in [-0.4, -0.2) is 5.91 Å². The molecule has 0 saturated heterocycles. The van der Waals surface area contributed by atoms with Crippen molar-refractivity contribution in [1.82, 2.24) is 5.32 Å². The van der Waals surface area contributed by atoms with Crippen LogP contribution in [0.1, 0.15) is 11.3 Å². The van der Waals surface area contributed by atoms with Gasteiger partial charge in [0.25, 0.3) is 0 Å². The third-order valence-corrected chi connectivity index (χ3v) is 3.93. The van der Waals surface area contributed by atoms with Gasteiger partial charge in [-0.1, -0.05) is 24.3 Å². The van der Waals surface area contributed by atoms with Gasteiger partial charge in [-0.05, 0) is 51.7 Å². The predicted molar refractivity (Wildman–Crippen MR) is 89.3 cm³/mol.